The minimum Gasteiger partial charge on any atom is -0.396 e. The van der Waals surface area contributed by atoms with Crippen LogP contribution in [-0.4, -0.2) is 35.6 Å². The van der Waals surface area contributed by atoms with Gasteiger partial charge in [0.15, 0.2) is 0 Å². The molecule has 16 heavy (non-hydrogen) atoms. The van der Waals surface area contributed by atoms with Gasteiger partial charge in [0.2, 0.25) is 0 Å². The van der Waals surface area contributed by atoms with Crippen molar-refractivity contribution in [2.45, 2.75) is 6.92 Å². The van der Waals surface area contributed by atoms with E-state index in [4.69, 9.17) is 5.11 Å². The first-order chi connectivity index (χ1) is 7.61. The Balaban J connectivity index is 2.07. The zero-order valence-electron chi connectivity index (χ0n) is 9.11. The molecule has 1 aromatic rings. The van der Waals surface area contributed by atoms with Crippen LogP contribution >= 0.6 is 0 Å². The third-order valence-electron chi connectivity index (χ3n) is 2.92. The molecule has 1 aromatic carbocycles. The van der Waals surface area contributed by atoms with E-state index in [0.29, 0.717) is 24.2 Å². The Morgan fingerprint density at radius 1 is 1.56 bits per heavy atom. The Bertz CT molecular complexity index is 413. The summed E-state index contributed by atoms with van der Waals surface area (Å²) in [5, 5.41) is 8.84. The maximum atomic E-state index is 13.3. The zero-order chi connectivity index (χ0) is 11.7. The van der Waals surface area contributed by atoms with Crippen molar-refractivity contribution >= 4 is 5.91 Å². The molecular formula is C12H14FNO2. The standard InChI is InChI=1S/C12H14FNO2/c1-8-2-3-10(4-11(8)13)12(16)14-5-9(6-14)7-15/h2-4,9,15H,5-7H2,1H3. The number of rotatable bonds is 2. The number of aliphatic hydroxyl groups excluding tert-OH is 1. The number of halogens is 1. The van der Waals surface area contributed by atoms with E-state index >= 15 is 0 Å². The summed E-state index contributed by atoms with van der Waals surface area (Å²) in [6, 6.07) is 4.50. The van der Waals surface area contributed by atoms with Gasteiger partial charge in [-0.05, 0) is 24.6 Å². The highest BCUT2D eigenvalue weighted by atomic mass is 19.1. The van der Waals surface area contributed by atoms with E-state index in [2.05, 4.69) is 0 Å². The zero-order valence-corrected chi connectivity index (χ0v) is 9.11. The number of amides is 1. The van der Waals surface area contributed by atoms with E-state index in [1.165, 1.54) is 6.07 Å². The van der Waals surface area contributed by atoms with Gasteiger partial charge in [-0.1, -0.05) is 6.07 Å². The van der Waals surface area contributed by atoms with Crippen molar-refractivity contribution in [1.82, 2.24) is 4.90 Å². The van der Waals surface area contributed by atoms with Crippen molar-refractivity contribution in [1.29, 1.82) is 0 Å². The largest absolute Gasteiger partial charge is 0.396 e. The number of nitrogens with zero attached hydrogens (tertiary/aromatic N) is 1. The van der Waals surface area contributed by atoms with Crippen LogP contribution in [0.1, 0.15) is 15.9 Å². The molecule has 1 aliphatic heterocycles. The van der Waals surface area contributed by atoms with Gasteiger partial charge in [-0.15, -0.1) is 0 Å². The lowest BCUT2D eigenvalue weighted by Gasteiger charge is -2.38. The molecule has 0 bridgehead atoms. The second kappa shape index (κ2) is 4.22. The van der Waals surface area contributed by atoms with Crippen LogP contribution in [0.15, 0.2) is 18.2 Å². The lowest BCUT2D eigenvalue weighted by Crippen LogP contribution is -2.51. The molecule has 2 rings (SSSR count). The number of likely N-dealkylation sites (tertiary alicyclic amines) is 1. The first-order valence-electron chi connectivity index (χ1n) is 5.28. The number of hydrogen-bond donors (Lipinski definition) is 1. The Labute approximate surface area is 93.5 Å². The van der Waals surface area contributed by atoms with Crippen LogP contribution in [0.5, 0.6) is 0 Å². The first kappa shape index (κ1) is 11.1. The van der Waals surface area contributed by atoms with Crippen molar-refractivity contribution in [2.75, 3.05) is 19.7 Å². The number of hydrogen-bond acceptors (Lipinski definition) is 2. The summed E-state index contributed by atoms with van der Waals surface area (Å²) in [5.41, 5.74) is 0.910. The van der Waals surface area contributed by atoms with E-state index in [1.807, 2.05) is 0 Å². The van der Waals surface area contributed by atoms with Gasteiger partial charge >= 0.3 is 0 Å². The number of aliphatic hydroxyl groups is 1. The minimum atomic E-state index is -0.356. The van der Waals surface area contributed by atoms with Crippen molar-refractivity contribution in [2.24, 2.45) is 5.92 Å². The second-order valence-corrected chi connectivity index (χ2v) is 4.22. The van der Waals surface area contributed by atoms with E-state index in [9.17, 15) is 9.18 Å². The number of benzene rings is 1. The Morgan fingerprint density at radius 3 is 2.81 bits per heavy atom. The molecule has 0 radical (unpaired) electrons. The molecule has 0 spiro atoms. The summed E-state index contributed by atoms with van der Waals surface area (Å²) < 4.78 is 13.3. The van der Waals surface area contributed by atoms with E-state index in [1.54, 1.807) is 24.0 Å². The minimum absolute atomic E-state index is 0.103. The lowest BCUT2D eigenvalue weighted by atomic mass is 9.99. The van der Waals surface area contributed by atoms with Crippen molar-refractivity contribution in [3.05, 3.63) is 35.1 Å². The van der Waals surface area contributed by atoms with Gasteiger partial charge < -0.3 is 10.0 Å². The van der Waals surface area contributed by atoms with Gasteiger partial charge in [0.05, 0.1) is 0 Å². The van der Waals surface area contributed by atoms with Crippen LogP contribution < -0.4 is 0 Å². The molecule has 0 aromatic heterocycles. The first-order valence-corrected chi connectivity index (χ1v) is 5.28. The van der Waals surface area contributed by atoms with E-state index in [-0.39, 0.29) is 24.2 Å². The normalized spacial score (nSPS) is 16.1. The number of aryl methyl sites for hydroxylation is 1. The van der Waals surface area contributed by atoms with E-state index in [0.717, 1.165) is 0 Å². The molecule has 0 unspecified atom stereocenters. The SMILES string of the molecule is Cc1ccc(C(=O)N2CC(CO)C2)cc1F. The molecule has 1 heterocycles. The van der Waals surface area contributed by atoms with Gasteiger partial charge in [0.25, 0.3) is 5.91 Å². The smallest absolute Gasteiger partial charge is 0.253 e. The summed E-state index contributed by atoms with van der Waals surface area (Å²) in [6.45, 7) is 2.89. The molecule has 0 saturated carbocycles. The molecule has 1 aliphatic rings. The Hall–Kier alpha value is -1.42. The summed E-state index contributed by atoms with van der Waals surface area (Å²) in [4.78, 5) is 13.4. The highest BCUT2D eigenvalue weighted by Gasteiger charge is 2.30. The highest BCUT2D eigenvalue weighted by Crippen LogP contribution is 2.19. The highest BCUT2D eigenvalue weighted by molar-refractivity contribution is 5.94. The van der Waals surface area contributed by atoms with Gasteiger partial charge in [-0.25, -0.2) is 4.39 Å². The third-order valence-corrected chi connectivity index (χ3v) is 2.92. The second-order valence-electron chi connectivity index (χ2n) is 4.22. The van der Waals surface area contributed by atoms with Crippen LogP contribution in [0.2, 0.25) is 0 Å². The monoisotopic (exact) mass is 223 g/mol. The summed E-state index contributed by atoms with van der Waals surface area (Å²) in [5.74, 6) is -0.340. The molecule has 3 nitrogen and oxygen atoms in total. The summed E-state index contributed by atoms with van der Waals surface area (Å²) in [6.07, 6.45) is 0. The molecule has 0 aliphatic carbocycles. The van der Waals surface area contributed by atoms with Crippen LogP contribution in [0.25, 0.3) is 0 Å². The topological polar surface area (TPSA) is 40.5 Å². The number of carbonyl (C=O) groups is 1. The van der Waals surface area contributed by atoms with Crippen LogP contribution in [0.4, 0.5) is 4.39 Å². The van der Waals surface area contributed by atoms with Crippen molar-refractivity contribution in [3.8, 4) is 0 Å². The molecular weight excluding hydrogens is 209 g/mol. The molecule has 1 N–H and O–H groups in total. The Morgan fingerprint density at radius 2 is 2.25 bits per heavy atom. The van der Waals surface area contributed by atoms with Crippen LogP contribution in [0.3, 0.4) is 0 Å². The average molecular weight is 223 g/mol. The summed E-state index contributed by atoms with van der Waals surface area (Å²) in [7, 11) is 0. The number of carbonyl (C=O) groups excluding carboxylic acids is 1. The molecule has 1 fully saturated rings. The fourth-order valence-electron chi connectivity index (χ4n) is 1.76. The third kappa shape index (κ3) is 1.93. The molecule has 86 valence electrons. The fourth-order valence-corrected chi connectivity index (χ4v) is 1.76. The fraction of sp³-hybridized carbons (Fsp3) is 0.417. The maximum absolute atomic E-state index is 13.3. The summed E-state index contributed by atoms with van der Waals surface area (Å²) >= 11 is 0. The van der Waals surface area contributed by atoms with Crippen LogP contribution in [-0.2, 0) is 0 Å². The van der Waals surface area contributed by atoms with Crippen molar-refractivity contribution in [3.63, 3.8) is 0 Å². The van der Waals surface area contributed by atoms with Gasteiger partial charge in [0.1, 0.15) is 5.82 Å². The van der Waals surface area contributed by atoms with Gasteiger partial charge in [0, 0.05) is 31.2 Å². The predicted molar refractivity (Wildman–Crippen MR) is 57.6 cm³/mol. The van der Waals surface area contributed by atoms with Gasteiger partial charge in [-0.2, -0.15) is 0 Å². The van der Waals surface area contributed by atoms with Gasteiger partial charge in [-0.3, -0.25) is 4.79 Å². The molecule has 0 atom stereocenters. The van der Waals surface area contributed by atoms with Crippen LogP contribution in [0, 0.1) is 18.7 Å². The molecule has 1 saturated heterocycles. The average Bonchev–Trinajstić information content (AvgIpc) is 2.20. The quantitative estimate of drug-likeness (QED) is 0.818. The lowest BCUT2D eigenvalue weighted by molar-refractivity contribution is 0.0361. The van der Waals surface area contributed by atoms with Crippen molar-refractivity contribution < 1.29 is 14.3 Å². The maximum Gasteiger partial charge on any atom is 0.253 e. The molecule has 1 amide bonds. The van der Waals surface area contributed by atoms with E-state index < -0.39 is 0 Å². The predicted octanol–water partition coefficient (Wildman–Crippen LogP) is 1.20. The Kier molecular flexibility index (Phi) is 2.92. The molecule has 4 heteroatoms.